The summed E-state index contributed by atoms with van der Waals surface area (Å²) in [6.45, 7) is 5.58. The molecule has 184 valence electrons. The minimum absolute atomic E-state index is 0.136. The van der Waals surface area contributed by atoms with Crippen LogP contribution in [0.3, 0.4) is 0 Å². The first-order valence-electron chi connectivity index (χ1n) is 10.7. The van der Waals surface area contributed by atoms with Crippen LogP contribution in [0.15, 0.2) is 80.9 Å². The van der Waals surface area contributed by atoms with Gasteiger partial charge >= 0.3 is 0 Å². The molecule has 0 unspecified atom stereocenters. The molecule has 12 heteroatoms. The SMILES string of the molecule is C=CCn1c(=C2C(=O)N(c3cccc(S(=O)(=O)[O-])c3)N=C2C)s/c(=C2\Sc3ccccc3N2C)c1=O. The van der Waals surface area contributed by atoms with E-state index in [1.54, 1.807) is 13.0 Å². The molecule has 3 aromatic rings. The monoisotopic (exact) mass is 539 g/mol. The number of para-hydroxylation sites is 1. The fraction of sp³-hybridized carbons (Fsp3) is 0.125. The van der Waals surface area contributed by atoms with E-state index in [9.17, 15) is 22.6 Å². The quantitative estimate of drug-likeness (QED) is 0.367. The molecule has 0 spiro atoms. The van der Waals surface area contributed by atoms with E-state index in [0.717, 1.165) is 32.8 Å². The summed E-state index contributed by atoms with van der Waals surface area (Å²) in [4.78, 5) is 29.6. The Labute approximate surface area is 214 Å². The second kappa shape index (κ2) is 8.89. The highest BCUT2D eigenvalue weighted by Crippen LogP contribution is 2.44. The minimum atomic E-state index is -4.71. The Morgan fingerprint density at radius 1 is 1.14 bits per heavy atom. The Bertz CT molecular complexity index is 1770. The molecule has 0 fully saturated rings. The Balaban J connectivity index is 1.71. The Kier molecular flexibility index (Phi) is 5.99. The van der Waals surface area contributed by atoms with E-state index in [-0.39, 0.29) is 23.4 Å². The molecule has 0 bridgehead atoms. The number of allylic oxidation sites excluding steroid dienone is 1. The molecule has 0 N–H and O–H groups in total. The number of carbonyl (C=O) groups is 1. The summed E-state index contributed by atoms with van der Waals surface area (Å²) >= 11 is 2.69. The van der Waals surface area contributed by atoms with Gasteiger partial charge in [0, 0.05) is 18.5 Å². The van der Waals surface area contributed by atoms with Crippen molar-refractivity contribution in [2.45, 2.75) is 23.3 Å². The molecule has 9 nitrogen and oxygen atoms in total. The Morgan fingerprint density at radius 3 is 2.58 bits per heavy atom. The number of hydrogen-bond acceptors (Lipinski definition) is 9. The molecule has 0 atom stereocenters. The molecule has 1 amide bonds. The van der Waals surface area contributed by atoms with Crippen LogP contribution in [-0.2, 0) is 21.5 Å². The molecule has 5 rings (SSSR count). The Morgan fingerprint density at radius 2 is 1.89 bits per heavy atom. The highest BCUT2D eigenvalue weighted by Gasteiger charge is 2.32. The molecule has 1 aromatic heterocycles. The maximum absolute atomic E-state index is 13.5. The number of benzene rings is 2. The van der Waals surface area contributed by atoms with Gasteiger partial charge in [-0.05, 0) is 37.3 Å². The first-order valence-corrected chi connectivity index (χ1v) is 13.7. The summed E-state index contributed by atoms with van der Waals surface area (Å²) in [5.41, 5.74) is 1.47. The van der Waals surface area contributed by atoms with Gasteiger partial charge < -0.3 is 9.45 Å². The van der Waals surface area contributed by atoms with E-state index in [4.69, 9.17) is 0 Å². The van der Waals surface area contributed by atoms with Crippen LogP contribution in [0.4, 0.5) is 11.4 Å². The van der Waals surface area contributed by atoms with Gasteiger partial charge in [0.25, 0.3) is 11.5 Å². The lowest BCUT2D eigenvalue weighted by Crippen LogP contribution is -2.35. The highest BCUT2D eigenvalue weighted by atomic mass is 32.2. The highest BCUT2D eigenvalue weighted by molar-refractivity contribution is 8.08. The van der Waals surface area contributed by atoms with Crippen molar-refractivity contribution in [2.75, 3.05) is 17.0 Å². The van der Waals surface area contributed by atoms with Crippen LogP contribution < -0.4 is 24.7 Å². The smallest absolute Gasteiger partial charge is 0.283 e. The second-order valence-corrected chi connectivity index (χ2v) is 11.4. The van der Waals surface area contributed by atoms with Gasteiger partial charge in [0.1, 0.15) is 24.3 Å². The van der Waals surface area contributed by atoms with Crippen LogP contribution in [0, 0.1) is 0 Å². The van der Waals surface area contributed by atoms with Crippen molar-refractivity contribution in [3.05, 3.63) is 80.7 Å². The van der Waals surface area contributed by atoms with Crippen molar-refractivity contribution in [1.29, 1.82) is 0 Å². The van der Waals surface area contributed by atoms with Crippen LogP contribution >= 0.6 is 23.1 Å². The molecule has 0 aliphatic carbocycles. The zero-order valence-corrected chi connectivity index (χ0v) is 21.6. The van der Waals surface area contributed by atoms with Gasteiger partial charge in [-0.3, -0.25) is 14.2 Å². The second-order valence-electron chi connectivity index (χ2n) is 8.00. The van der Waals surface area contributed by atoms with Gasteiger partial charge in [-0.2, -0.15) is 10.1 Å². The van der Waals surface area contributed by atoms with Gasteiger partial charge in [0.15, 0.2) is 0 Å². The number of amides is 1. The first kappa shape index (κ1) is 24.3. The van der Waals surface area contributed by atoms with Crippen molar-refractivity contribution in [1.82, 2.24) is 4.57 Å². The first-order chi connectivity index (χ1) is 17.1. The zero-order valence-electron chi connectivity index (χ0n) is 19.2. The lowest BCUT2D eigenvalue weighted by molar-refractivity contribution is -0.112. The van der Waals surface area contributed by atoms with Gasteiger partial charge in [-0.25, -0.2) is 8.42 Å². The van der Waals surface area contributed by atoms with Crippen LogP contribution in [0.5, 0.6) is 0 Å². The third-order valence-corrected chi connectivity index (χ3v) is 9.10. The molecule has 2 aromatic carbocycles. The van der Waals surface area contributed by atoms with E-state index in [1.807, 2.05) is 36.2 Å². The molecule has 0 saturated heterocycles. The number of carbonyl (C=O) groups excluding carboxylic acids is 1. The van der Waals surface area contributed by atoms with E-state index in [2.05, 4.69) is 11.7 Å². The van der Waals surface area contributed by atoms with E-state index >= 15 is 0 Å². The third-order valence-electron chi connectivity index (χ3n) is 5.71. The number of aromatic nitrogens is 1. The predicted octanol–water partition coefficient (Wildman–Crippen LogP) is 1.88. The predicted molar refractivity (Wildman–Crippen MR) is 141 cm³/mol. The van der Waals surface area contributed by atoms with Crippen molar-refractivity contribution in [2.24, 2.45) is 5.10 Å². The van der Waals surface area contributed by atoms with Crippen molar-refractivity contribution >= 4 is 66.8 Å². The van der Waals surface area contributed by atoms with Crippen LogP contribution in [-0.4, -0.2) is 36.2 Å². The number of anilines is 2. The molecule has 36 heavy (non-hydrogen) atoms. The summed E-state index contributed by atoms with van der Waals surface area (Å²) in [7, 11) is -2.82. The number of nitrogens with zero attached hydrogens (tertiary/aromatic N) is 4. The lowest BCUT2D eigenvalue weighted by Gasteiger charge is -2.14. The molecule has 3 heterocycles. The zero-order chi connectivity index (χ0) is 25.8. The fourth-order valence-corrected chi connectivity index (χ4v) is 7.09. The average molecular weight is 540 g/mol. The maximum atomic E-state index is 13.5. The Hall–Kier alpha value is -3.45. The average Bonchev–Trinajstić information content (AvgIpc) is 3.45. The number of hydrogen-bond donors (Lipinski definition) is 0. The van der Waals surface area contributed by atoms with Crippen molar-refractivity contribution < 1.29 is 17.8 Å². The van der Waals surface area contributed by atoms with E-state index in [1.165, 1.54) is 39.8 Å². The number of hydrazone groups is 1. The molecule has 2 aliphatic heterocycles. The van der Waals surface area contributed by atoms with Gasteiger partial charge in [-0.1, -0.05) is 36.0 Å². The fourth-order valence-electron chi connectivity index (χ4n) is 4.03. The summed E-state index contributed by atoms with van der Waals surface area (Å²) in [5, 5.41) is 6.12. The van der Waals surface area contributed by atoms with Crippen molar-refractivity contribution in [3.8, 4) is 0 Å². The van der Waals surface area contributed by atoms with Gasteiger partial charge in [0.2, 0.25) is 0 Å². The number of rotatable bonds is 4. The number of fused-ring (bicyclic) bond motifs is 1. The largest absolute Gasteiger partial charge is 0.744 e. The van der Waals surface area contributed by atoms with Crippen LogP contribution in [0.2, 0.25) is 0 Å². The summed E-state index contributed by atoms with van der Waals surface area (Å²) in [5.74, 6) is -0.528. The lowest BCUT2D eigenvalue weighted by atomic mass is 10.2. The molecule has 0 radical (unpaired) electrons. The van der Waals surface area contributed by atoms with Crippen LogP contribution in [0.25, 0.3) is 10.6 Å². The van der Waals surface area contributed by atoms with E-state index < -0.39 is 20.9 Å². The van der Waals surface area contributed by atoms with E-state index in [0.29, 0.717) is 14.9 Å². The number of thioether (sulfide) groups is 1. The van der Waals surface area contributed by atoms with Gasteiger partial charge in [0.05, 0.1) is 27.6 Å². The molecule has 2 aliphatic rings. The third kappa shape index (κ3) is 3.91. The van der Waals surface area contributed by atoms with Gasteiger partial charge in [-0.15, -0.1) is 17.9 Å². The normalized spacial score (nSPS) is 18.5. The molecular formula is C24H19N4O5S3-. The molecule has 0 saturated carbocycles. The summed E-state index contributed by atoms with van der Waals surface area (Å²) in [6, 6.07) is 13.0. The summed E-state index contributed by atoms with van der Waals surface area (Å²) in [6.07, 6.45) is 1.58. The van der Waals surface area contributed by atoms with Crippen molar-refractivity contribution in [3.63, 3.8) is 0 Å². The maximum Gasteiger partial charge on any atom is 0.283 e. The minimum Gasteiger partial charge on any atom is -0.744 e. The topological polar surface area (TPSA) is 115 Å². The number of thiazole rings is 1. The molecular weight excluding hydrogens is 520 g/mol. The summed E-state index contributed by atoms with van der Waals surface area (Å²) < 4.78 is 36.8. The standard InChI is InChI=1S/C24H20N4O5S3/c1-4-12-27-22(30)20(24-26(3)17-10-5-6-11-18(17)34-24)35-23(27)19-14(2)25-28(21(19)29)15-8-7-9-16(13-15)36(31,32)33/h4-11,13H,1,12H2,2-3H3,(H,31,32,33)/p-1/b23-19?,24-20-. The van der Waals surface area contributed by atoms with Crippen LogP contribution in [0.1, 0.15) is 6.92 Å².